The highest BCUT2D eigenvalue weighted by atomic mass is 19.4. The van der Waals surface area contributed by atoms with Crippen LogP contribution in [0.3, 0.4) is 0 Å². The lowest BCUT2D eigenvalue weighted by molar-refractivity contribution is -0.263. The molecule has 1 atom stereocenters. The van der Waals surface area contributed by atoms with Gasteiger partial charge in [0.2, 0.25) is 5.60 Å². The van der Waals surface area contributed by atoms with E-state index in [-0.39, 0.29) is 11.3 Å². The molecule has 0 saturated heterocycles. The van der Waals surface area contributed by atoms with E-state index >= 15 is 0 Å². The lowest BCUT2D eigenvalue weighted by Crippen LogP contribution is -2.51. The highest BCUT2D eigenvalue weighted by Crippen LogP contribution is 2.38. The fourth-order valence-corrected chi connectivity index (χ4v) is 2.76. The minimum absolute atomic E-state index is 0.123. The van der Waals surface area contributed by atoms with Crippen LogP contribution in [0.2, 0.25) is 0 Å². The zero-order valence-corrected chi connectivity index (χ0v) is 13.8. The van der Waals surface area contributed by atoms with Gasteiger partial charge < -0.3 is 10.4 Å². The van der Waals surface area contributed by atoms with Gasteiger partial charge in [0.25, 0.3) is 5.91 Å². The Kier molecular flexibility index (Phi) is 4.45. The first-order chi connectivity index (χ1) is 12.2. The highest BCUT2D eigenvalue weighted by Gasteiger charge is 2.55. The maximum absolute atomic E-state index is 13.5. The number of carbonyl (C=O) groups is 1. The number of nitrogens with zero attached hydrogens (tertiary/aromatic N) is 2. The molecule has 5 nitrogen and oxygen atoms in total. The van der Waals surface area contributed by atoms with Gasteiger partial charge in [-0.25, -0.2) is 4.98 Å². The van der Waals surface area contributed by atoms with E-state index in [9.17, 15) is 23.1 Å². The van der Waals surface area contributed by atoms with Gasteiger partial charge in [0.05, 0.1) is 12.2 Å². The number of aromatic nitrogens is 2. The molecule has 1 unspecified atom stereocenters. The number of amides is 1. The largest absolute Gasteiger partial charge is 0.423 e. The molecule has 0 spiro atoms. The zero-order valence-electron chi connectivity index (χ0n) is 13.8. The molecule has 0 aliphatic carbocycles. The van der Waals surface area contributed by atoms with E-state index in [2.05, 4.69) is 10.3 Å². The van der Waals surface area contributed by atoms with E-state index in [1.165, 1.54) is 28.7 Å². The molecule has 0 fully saturated rings. The quantitative estimate of drug-likeness (QED) is 0.749. The summed E-state index contributed by atoms with van der Waals surface area (Å²) in [6.45, 7) is 0.577. The summed E-state index contributed by atoms with van der Waals surface area (Å²) in [6, 6.07) is 11.8. The van der Waals surface area contributed by atoms with Crippen molar-refractivity contribution < 1.29 is 23.1 Å². The third kappa shape index (κ3) is 3.03. The Labute approximate surface area is 147 Å². The van der Waals surface area contributed by atoms with Crippen LogP contribution in [0.4, 0.5) is 13.2 Å². The summed E-state index contributed by atoms with van der Waals surface area (Å²) in [7, 11) is 0. The van der Waals surface area contributed by atoms with Crippen LogP contribution in [0.15, 0.2) is 54.7 Å². The molecule has 0 aliphatic rings. The lowest BCUT2D eigenvalue weighted by Gasteiger charge is -2.31. The van der Waals surface area contributed by atoms with Crippen LogP contribution >= 0.6 is 0 Å². The highest BCUT2D eigenvalue weighted by molar-refractivity contribution is 5.94. The van der Waals surface area contributed by atoms with Crippen molar-refractivity contribution in [3.63, 3.8) is 0 Å². The third-order valence-electron chi connectivity index (χ3n) is 4.14. The van der Waals surface area contributed by atoms with Gasteiger partial charge in [-0.1, -0.05) is 36.4 Å². The molecule has 0 saturated carbocycles. The van der Waals surface area contributed by atoms with E-state index in [1.54, 1.807) is 37.4 Å². The normalized spacial score (nSPS) is 14.2. The number of hydrogen-bond acceptors (Lipinski definition) is 3. The number of carbonyl (C=O) groups excluding carboxylic acids is 1. The van der Waals surface area contributed by atoms with Gasteiger partial charge in [0.15, 0.2) is 0 Å². The Morgan fingerprint density at radius 2 is 1.81 bits per heavy atom. The first-order valence-electron chi connectivity index (χ1n) is 7.80. The van der Waals surface area contributed by atoms with Crippen LogP contribution in [0.5, 0.6) is 0 Å². The molecule has 1 aromatic carbocycles. The van der Waals surface area contributed by atoms with Crippen molar-refractivity contribution in [1.29, 1.82) is 0 Å². The fourth-order valence-electron chi connectivity index (χ4n) is 2.76. The van der Waals surface area contributed by atoms with Gasteiger partial charge in [-0.2, -0.15) is 13.2 Å². The zero-order chi connectivity index (χ0) is 18.9. The average molecular weight is 363 g/mol. The van der Waals surface area contributed by atoms with Crippen LogP contribution in [-0.2, 0) is 5.60 Å². The number of fused-ring (bicyclic) bond motifs is 1. The van der Waals surface area contributed by atoms with Crippen LogP contribution in [0, 0.1) is 6.92 Å². The van der Waals surface area contributed by atoms with Gasteiger partial charge in [0.1, 0.15) is 11.3 Å². The van der Waals surface area contributed by atoms with Gasteiger partial charge in [-0.05, 0) is 24.6 Å². The Morgan fingerprint density at radius 1 is 1.15 bits per heavy atom. The molecule has 0 bridgehead atoms. The number of nitrogens with one attached hydrogen (secondary N) is 1. The van der Waals surface area contributed by atoms with Crippen molar-refractivity contribution in [2.45, 2.75) is 18.7 Å². The van der Waals surface area contributed by atoms with Crippen LogP contribution in [0.1, 0.15) is 21.7 Å². The monoisotopic (exact) mass is 363 g/mol. The van der Waals surface area contributed by atoms with E-state index < -0.39 is 24.2 Å². The Morgan fingerprint density at radius 3 is 2.46 bits per heavy atom. The maximum Gasteiger partial charge on any atom is 0.423 e. The lowest BCUT2D eigenvalue weighted by atomic mass is 9.93. The third-order valence-corrected chi connectivity index (χ3v) is 4.14. The average Bonchev–Trinajstić information content (AvgIpc) is 2.95. The van der Waals surface area contributed by atoms with Gasteiger partial charge in [-0.15, -0.1) is 0 Å². The topological polar surface area (TPSA) is 66.6 Å². The molecule has 1 amide bonds. The molecule has 8 heteroatoms. The first kappa shape index (κ1) is 17.9. The van der Waals surface area contributed by atoms with Crippen molar-refractivity contribution in [1.82, 2.24) is 14.7 Å². The molecule has 3 rings (SSSR count). The molecule has 0 radical (unpaired) electrons. The predicted molar refractivity (Wildman–Crippen MR) is 88.7 cm³/mol. The minimum Gasteiger partial charge on any atom is -0.375 e. The number of benzene rings is 1. The van der Waals surface area contributed by atoms with E-state index in [1.807, 2.05) is 0 Å². The summed E-state index contributed by atoms with van der Waals surface area (Å²) in [6.07, 6.45) is -3.37. The number of imidazole rings is 1. The molecule has 136 valence electrons. The molecule has 2 aromatic heterocycles. The van der Waals surface area contributed by atoms with Crippen LogP contribution in [0.25, 0.3) is 5.65 Å². The first-order valence-corrected chi connectivity index (χ1v) is 7.80. The van der Waals surface area contributed by atoms with Crippen LogP contribution in [-0.4, -0.2) is 33.1 Å². The Hall–Kier alpha value is -2.87. The second-order valence-corrected chi connectivity index (χ2v) is 5.88. The van der Waals surface area contributed by atoms with Crippen molar-refractivity contribution >= 4 is 11.6 Å². The summed E-state index contributed by atoms with van der Waals surface area (Å²) >= 11 is 0. The van der Waals surface area contributed by atoms with Gasteiger partial charge >= 0.3 is 6.18 Å². The van der Waals surface area contributed by atoms with Gasteiger partial charge in [0, 0.05) is 6.20 Å². The number of aliphatic hydroxyl groups is 1. The number of alkyl halides is 3. The summed E-state index contributed by atoms with van der Waals surface area (Å²) in [4.78, 5) is 16.7. The molecule has 0 aliphatic heterocycles. The summed E-state index contributed by atoms with van der Waals surface area (Å²) in [5.41, 5.74) is -2.53. The minimum atomic E-state index is -4.96. The maximum atomic E-state index is 13.5. The van der Waals surface area contributed by atoms with Gasteiger partial charge in [-0.3, -0.25) is 9.20 Å². The summed E-state index contributed by atoms with van der Waals surface area (Å²) in [5.74, 6) is -0.750. The number of pyridine rings is 1. The number of halogens is 3. The Bertz CT molecular complexity index is 938. The number of rotatable bonds is 4. The fraction of sp³-hybridized carbons (Fsp3) is 0.222. The number of aryl methyl sites for hydroxylation is 1. The number of hydrogen-bond donors (Lipinski definition) is 2. The second kappa shape index (κ2) is 6.45. The molecular weight excluding hydrogens is 347 g/mol. The molecule has 26 heavy (non-hydrogen) atoms. The van der Waals surface area contributed by atoms with Crippen molar-refractivity contribution in [2.75, 3.05) is 6.54 Å². The smallest absolute Gasteiger partial charge is 0.375 e. The van der Waals surface area contributed by atoms with Crippen molar-refractivity contribution in [3.05, 3.63) is 71.7 Å². The molecule has 2 N–H and O–H groups in total. The van der Waals surface area contributed by atoms with Crippen molar-refractivity contribution in [2.24, 2.45) is 0 Å². The van der Waals surface area contributed by atoms with E-state index in [0.29, 0.717) is 11.3 Å². The van der Waals surface area contributed by atoms with Crippen LogP contribution < -0.4 is 5.32 Å². The standard InChI is InChI=1S/C18H16F3N3O2/c1-12-15(24-10-6-5-9-14(24)23-12)16(25)22-11-17(26,18(19,20)21)13-7-3-2-4-8-13/h2-10,26H,11H2,1H3,(H,22,25). The van der Waals surface area contributed by atoms with E-state index in [4.69, 9.17) is 0 Å². The second-order valence-electron chi connectivity index (χ2n) is 5.88. The SMILES string of the molecule is Cc1nc2ccccn2c1C(=O)NCC(O)(c1ccccc1)C(F)(F)F. The molecule has 2 heterocycles. The predicted octanol–water partition coefficient (Wildman–Crippen LogP) is 2.82. The van der Waals surface area contributed by atoms with E-state index in [0.717, 1.165) is 0 Å². The Balaban J connectivity index is 1.90. The molecule has 3 aromatic rings. The van der Waals surface area contributed by atoms with Crippen molar-refractivity contribution in [3.8, 4) is 0 Å². The summed E-state index contributed by atoms with van der Waals surface area (Å²) < 4.78 is 42.0. The summed E-state index contributed by atoms with van der Waals surface area (Å²) in [5, 5.41) is 12.5. The molecular formula is C18H16F3N3O2.